The maximum Gasteiger partial charge on any atom is 0.306 e. The van der Waals surface area contributed by atoms with Gasteiger partial charge in [0.1, 0.15) is 5.60 Å². The van der Waals surface area contributed by atoms with E-state index in [0.29, 0.717) is 12.3 Å². The molecule has 90 valence electrons. The molecule has 0 aromatic heterocycles. The molecule has 1 N–H and O–H groups in total. The van der Waals surface area contributed by atoms with Crippen LogP contribution in [0.1, 0.15) is 53.4 Å². The van der Waals surface area contributed by atoms with Crippen molar-refractivity contribution in [2.75, 3.05) is 6.61 Å². The molecule has 3 heteroatoms. The van der Waals surface area contributed by atoms with E-state index in [1.165, 1.54) is 0 Å². The molecule has 0 saturated heterocycles. The second-order valence-corrected chi connectivity index (χ2v) is 5.12. The van der Waals surface area contributed by atoms with Crippen molar-refractivity contribution in [2.45, 2.75) is 59.0 Å². The number of aliphatic hydroxyl groups is 1. The smallest absolute Gasteiger partial charge is 0.306 e. The fourth-order valence-corrected chi connectivity index (χ4v) is 1.37. The molecule has 1 atom stereocenters. The SMILES string of the molecule is C[C@H](CCCCO)CC(=O)OC(C)(C)C. The first kappa shape index (κ1) is 14.4. The van der Waals surface area contributed by atoms with Crippen LogP contribution in [0, 0.1) is 5.92 Å². The van der Waals surface area contributed by atoms with Gasteiger partial charge < -0.3 is 9.84 Å². The summed E-state index contributed by atoms with van der Waals surface area (Å²) in [5, 5.41) is 8.62. The van der Waals surface area contributed by atoms with Crippen LogP contribution in [0.5, 0.6) is 0 Å². The van der Waals surface area contributed by atoms with Gasteiger partial charge in [-0.2, -0.15) is 0 Å². The zero-order valence-electron chi connectivity index (χ0n) is 10.4. The highest BCUT2D eigenvalue weighted by atomic mass is 16.6. The summed E-state index contributed by atoms with van der Waals surface area (Å²) in [6, 6.07) is 0. The Morgan fingerprint density at radius 3 is 2.40 bits per heavy atom. The minimum Gasteiger partial charge on any atom is -0.460 e. The number of hydrogen-bond acceptors (Lipinski definition) is 3. The van der Waals surface area contributed by atoms with Crippen LogP contribution in [0.25, 0.3) is 0 Å². The van der Waals surface area contributed by atoms with Crippen molar-refractivity contribution < 1.29 is 14.6 Å². The first-order valence-electron chi connectivity index (χ1n) is 5.68. The molecule has 3 nitrogen and oxygen atoms in total. The molecule has 0 rings (SSSR count). The third-order valence-electron chi connectivity index (χ3n) is 2.04. The lowest BCUT2D eigenvalue weighted by atomic mass is 10.0. The average molecular weight is 216 g/mol. The van der Waals surface area contributed by atoms with E-state index in [1.54, 1.807) is 0 Å². The Hall–Kier alpha value is -0.570. The molecule has 0 aliphatic rings. The van der Waals surface area contributed by atoms with Crippen LogP contribution in [-0.4, -0.2) is 23.3 Å². The molecule has 0 aromatic carbocycles. The van der Waals surface area contributed by atoms with Crippen LogP contribution in [-0.2, 0) is 9.53 Å². The summed E-state index contributed by atoms with van der Waals surface area (Å²) in [4.78, 5) is 11.4. The second-order valence-electron chi connectivity index (χ2n) is 5.12. The Morgan fingerprint density at radius 1 is 1.33 bits per heavy atom. The maximum atomic E-state index is 11.4. The Balaban J connectivity index is 3.67. The molecule has 0 aromatic rings. The predicted octanol–water partition coefficient (Wildman–Crippen LogP) is 2.52. The number of rotatable bonds is 6. The lowest BCUT2D eigenvalue weighted by Crippen LogP contribution is -2.24. The molecular weight excluding hydrogens is 192 g/mol. The van der Waals surface area contributed by atoms with Crippen molar-refractivity contribution in [3.63, 3.8) is 0 Å². The predicted molar refractivity (Wildman–Crippen MR) is 60.6 cm³/mol. The molecule has 0 radical (unpaired) electrons. The zero-order chi connectivity index (χ0) is 11.9. The number of hydrogen-bond donors (Lipinski definition) is 1. The molecule has 0 heterocycles. The van der Waals surface area contributed by atoms with Crippen molar-refractivity contribution in [1.29, 1.82) is 0 Å². The standard InChI is InChI=1S/C12H24O3/c1-10(7-5-6-8-13)9-11(14)15-12(2,3)4/h10,13H,5-9H2,1-4H3/t10-/m1/s1. The van der Waals surface area contributed by atoms with Gasteiger partial charge in [-0.05, 0) is 33.1 Å². The number of esters is 1. The van der Waals surface area contributed by atoms with Gasteiger partial charge in [-0.1, -0.05) is 19.8 Å². The van der Waals surface area contributed by atoms with Gasteiger partial charge >= 0.3 is 5.97 Å². The van der Waals surface area contributed by atoms with E-state index >= 15 is 0 Å². The van der Waals surface area contributed by atoms with Crippen LogP contribution in [0.4, 0.5) is 0 Å². The maximum absolute atomic E-state index is 11.4. The van der Waals surface area contributed by atoms with Gasteiger partial charge in [0.25, 0.3) is 0 Å². The minimum absolute atomic E-state index is 0.126. The number of ether oxygens (including phenoxy) is 1. The van der Waals surface area contributed by atoms with Crippen molar-refractivity contribution >= 4 is 5.97 Å². The van der Waals surface area contributed by atoms with Gasteiger partial charge in [0, 0.05) is 13.0 Å². The Bertz CT molecular complexity index is 182. The average Bonchev–Trinajstić information content (AvgIpc) is 2.00. The number of unbranched alkanes of at least 4 members (excludes halogenated alkanes) is 1. The van der Waals surface area contributed by atoms with Gasteiger partial charge in [0.2, 0.25) is 0 Å². The largest absolute Gasteiger partial charge is 0.460 e. The van der Waals surface area contributed by atoms with E-state index in [2.05, 4.69) is 0 Å². The van der Waals surface area contributed by atoms with Gasteiger partial charge in [0.05, 0.1) is 0 Å². The number of aliphatic hydroxyl groups excluding tert-OH is 1. The Morgan fingerprint density at radius 2 is 1.93 bits per heavy atom. The van der Waals surface area contributed by atoms with E-state index in [1.807, 2.05) is 27.7 Å². The minimum atomic E-state index is -0.387. The van der Waals surface area contributed by atoms with Crippen LogP contribution in [0.2, 0.25) is 0 Å². The molecule has 0 bridgehead atoms. The van der Waals surface area contributed by atoms with E-state index in [-0.39, 0.29) is 18.2 Å². The molecule has 0 unspecified atom stereocenters. The van der Waals surface area contributed by atoms with Crippen molar-refractivity contribution in [3.05, 3.63) is 0 Å². The summed E-state index contributed by atoms with van der Waals surface area (Å²) in [5.41, 5.74) is -0.387. The lowest BCUT2D eigenvalue weighted by molar-refractivity contribution is -0.155. The van der Waals surface area contributed by atoms with E-state index < -0.39 is 0 Å². The van der Waals surface area contributed by atoms with Crippen LogP contribution in [0.3, 0.4) is 0 Å². The highest BCUT2D eigenvalue weighted by molar-refractivity contribution is 5.70. The summed E-state index contributed by atoms with van der Waals surface area (Å²) < 4.78 is 5.23. The first-order valence-corrected chi connectivity index (χ1v) is 5.68. The molecule has 0 aliphatic heterocycles. The number of carbonyl (C=O) groups is 1. The Kier molecular flexibility index (Phi) is 6.57. The van der Waals surface area contributed by atoms with Gasteiger partial charge in [-0.15, -0.1) is 0 Å². The summed E-state index contributed by atoms with van der Waals surface area (Å²) in [6.07, 6.45) is 3.24. The third-order valence-corrected chi connectivity index (χ3v) is 2.04. The second kappa shape index (κ2) is 6.83. The highest BCUT2D eigenvalue weighted by Gasteiger charge is 2.17. The van der Waals surface area contributed by atoms with E-state index in [4.69, 9.17) is 9.84 Å². The molecule has 0 amide bonds. The summed E-state index contributed by atoms with van der Waals surface area (Å²) in [6.45, 7) is 7.91. The molecule has 0 aliphatic carbocycles. The Labute approximate surface area is 92.8 Å². The van der Waals surface area contributed by atoms with Gasteiger partial charge in [-0.25, -0.2) is 0 Å². The lowest BCUT2D eigenvalue weighted by Gasteiger charge is -2.20. The summed E-state index contributed by atoms with van der Waals surface area (Å²) >= 11 is 0. The molecule has 15 heavy (non-hydrogen) atoms. The zero-order valence-corrected chi connectivity index (χ0v) is 10.4. The molecule has 0 fully saturated rings. The van der Waals surface area contributed by atoms with Gasteiger partial charge in [0.15, 0.2) is 0 Å². The monoisotopic (exact) mass is 216 g/mol. The normalized spacial score (nSPS) is 13.7. The molecular formula is C12H24O3. The van der Waals surface area contributed by atoms with Gasteiger partial charge in [-0.3, -0.25) is 4.79 Å². The molecule has 0 spiro atoms. The van der Waals surface area contributed by atoms with Crippen LogP contribution < -0.4 is 0 Å². The van der Waals surface area contributed by atoms with E-state index in [0.717, 1.165) is 19.3 Å². The third kappa shape index (κ3) is 9.73. The van der Waals surface area contributed by atoms with Crippen LogP contribution in [0.15, 0.2) is 0 Å². The number of carbonyl (C=O) groups excluding carboxylic acids is 1. The highest BCUT2D eigenvalue weighted by Crippen LogP contribution is 2.15. The first-order chi connectivity index (χ1) is 6.85. The summed E-state index contributed by atoms with van der Waals surface area (Å²) in [5.74, 6) is 0.213. The topological polar surface area (TPSA) is 46.5 Å². The molecule has 0 saturated carbocycles. The van der Waals surface area contributed by atoms with E-state index in [9.17, 15) is 4.79 Å². The fourth-order valence-electron chi connectivity index (χ4n) is 1.37. The fraction of sp³-hybridized carbons (Fsp3) is 0.917. The van der Waals surface area contributed by atoms with Crippen molar-refractivity contribution in [1.82, 2.24) is 0 Å². The quantitative estimate of drug-likeness (QED) is 0.548. The van der Waals surface area contributed by atoms with Crippen LogP contribution >= 0.6 is 0 Å². The van der Waals surface area contributed by atoms with Crippen molar-refractivity contribution in [2.24, 2.45) is 5.92 Å². The van der Waals surface area contributed by atoms with Crippen molar-refractivity contribution in [3.8, 4) is 0 Å². The summed E-state index contributed by atoms with van der Waals surface area (Å²) in [7, 11) is 0.